The van der Waals surface area contributed by atoms with E-state index in [0.29, 0.717) is 0 Å². The lowest BCUT2D eigenvalue weighted by Crippen LogP contribution is -1.95. The zero-order valence-electron chi connectivity index (χ0n) is 13.0. The highest BCUT2D eigenvalue weighted by molar-refractivity contribution is 5.85. The second-order valence-corrected chi connectivity index (χ2v) is 5.13. The summed E-state index contributed by atoms with van der Waals surface area (Å²) in [5.41, 5.74) is 5.34. The van der Waals surface area contributed by atoms with Gasteiger partial charge in [-0.25, -0.2) is 0 Å². The maximum Gasteiger partial charge on any atom is -0.00797 e. The van der Waals surface area contributed by atoms with Crippen LogP contribution in [0.4, 0.5) is 0 Å². The van der Waals surface area contributed by atoms with E-state index >= 15 is 0 Å². The predicted octanol–water partition coefficient (Wildman–Crippen LogP) is 6.26. The van der Waals surface area contributed by atoms with Crippen LogP contribution in [0.3, 0.4) is 0 Å². The molecule has 2 rings (SSSR count). The van der Waals surface area contributed by atoms with Crippen molar-refractivity contribution in [2.24, 2.45) is 0 Å². The largest absolute Gasteiger partial charge is 0.0885 e. The van der Waals surface area contributed by atoms with Crippen molar-refractivity contribution in [2.45, 2.75) is 33.1 Å². The summed E-state index contributed by atoms with van der Waals surface area (Å²) in [6, 6.07) is 10.7. The lowest BCUT2D eigenvalue weighted by Gasteiger charge is -2.15. The number of hydrogen-bond acceptors (Lipinski definition) is 0. The van der Waals surface area contributed by atoms with E-state index in [1.807, 2.05) is 0 Å². The molecule has 0 nitrogen and oxygen atoms in total. The average Bonchev–Trinajstić information content (AvgIpc) is 2.56. The molecule has 21 heavy (non-hydrogen) atoms. The fourth-order valence-electron chi connectivity index (χ4n) is 2.57. The highest BCUT2D eigenvalue weighted by atomic mass is 14.1. The minimum atomic E-state index is 0.986. The highest BCUT2D eigenvalue weighted by Gasteiger charge is 2.10. The van der Waals surface area contributed by atoms with Crippen LogP contribution in [0, 0.1) is 0 Å². The summed E-state index contributed by atoms with van der Waals surface area (Å²) >= 11 is 0. The summed E-state index contributed by atoms with van der Waals surface area (Å²) in [5, 5.41) is 0. The molecule has 1 aliphatic rings. The van der Waals surface area contributed by atoms with Crippen LogP contribution in [-0.4, -0.2) is 0 Å². The average molecular weight is 276 g/mol. The monoisotopic (exact) mass is 276 g/mol. The van der Waals surface area contributed by atoms with Crippen molar-refractivity contribution in [1.29, 1.82) is 0 Å². The van der Waals surface area contributed by atoms with Crippen molar-refractivity contribution in [3.63, 3.8) is 0 Å². The van der Waals surface area contributed by atoms with Gasteiger partial charge in [0.1, 0.15) is 0 Å². The maximum absolute atomic E-state index is 2.27. The van der Waals surface area contributed by atoms with E-state index in [1.165, 1.54) is 22.3 Å². The molecule has 0 amide bonds. The van der Waals surface area contributed by atoms with Crippen molar-refractivity contribution in [1.82, 2.24) is 0 Å². The molecule has 0 aliphatic heterocycles. The third-order valence-corrected chi connectivity index (χ3v) is 3.63. The fraction of sp³-hybridized carbons (Fsp3) is 0.238. The fourth-order valence-corrected chi connectivity index (χ4v) is 2.57. The van der Waals surface area contributed by atoms with Crippen molar-refractivity contribution < 1.29 is 0 Å². The summed E-state index contributed by atoms with van der Waals surface area (Å²) in [4.78, 5) is 0. The van der Waals surface area contributed by atoms with Crippen LogP contribution < -0.4 is 0 Å². The molecule has 0 heterocycles. The summed E-state index contributed by atoms with van der Waals surface area (Å²) in [6.45, 7) is 4.31. The first kappa shape index (κ1) is 15.3. The lowest BCUT2D eigenvalue weighted by atomic mass is 9.89. The molecule has 1 aliphatic carbocycles. The van der Waals surface area contributed by atoms with Gasteiger partial charge in [-0.3, -0.25) is 0 Å². The van der Waals surface area contributed by atoms with Crippen molar-refractivity contribution >= 4 is 5.57 Å². The van der Waals surface area contributed by atoms with Gasteiger partial charge in [0.05, 0.1) is 0 Å². The third kappa shape index (κ3) is 4.19. The van der Waals surface area contributed by atoms with Gasteiger partial charge in [-0.2, -0.15) is 0 Å². The Hall–Kier alpha value is -2.08. The molecule has 0 spiro atoms. The Morgan fingerprint density at radius 2 is 1.76 bits per heavy atom. The first-order chi connectivity index (χ1) is 10.4. The first-order valence-electron chi connectivity index (χ1n) is 7.80. The Morgan fingerprint density at radius 1 is 1.05 bits per heavy atom. The van der Waals surface area contributed by atoms with Gasteiger partial charge in [-0.1, -0.05) is 79.8 Å². The first-order valence-corrected chi connectivity index (χ1v) is 7.80. The number of hydrogen-bond donors (Lipinski definition) is 0. The summed E-state index contributed by atoms with van der Waals surface area (Å²) < 4.78 is 0. The second kappa shape index (κ2) is 8.26. The van der Waals surface area contributed by atoms with E-state index in [1.54, 1.807) is 0 Å². The Morgan fingerprint density at radius 3 is 2.38 bits per heavy atom. The van der Waals surface area contributed by atoms with Gasteiger partial charge in [0, 0.05) is 0 Å². The van der Waals surface area contributed by atoms with E-state index < -0.39 is 0 Å². The van der Waals surface area contributed by atoms with Gasteiger partial charge in [0.2, 0.25) is 0 Å². The summed E-state index contributed by atoms with van der Waals surface area (Å²) in [5.74, 6) is 0. The molecule has 0 N–H and O–H groups in total. The van der Waals surface area contributed by atoms with Crippen molar-refractivity contribution in [3.05, 3.63) is 89.6 Å². The van der Waals surface area contributed by atoms with Gasteiger partial charge >= 0.3 is 0 Å². The molecule has 0 saturated carbocycles. The second-order valence-electron chi connectivity index (χ2n) is 5.13. The minimum Gasteiger partial charge on any atom is -0.0885 e. The minimum absolute atomic E-state index is 0.986. The summed E-state index contributed by atoms with van der Waals surface area (Å²) in [6.07, 6.45) is 18.8. The molecule has 0 heteroatoms. The standard InChI is InChI=1S/C21H24/c1-3-5-8-13-18(4-2)21(19-14-9-6-10-15-19)20-16-11-7-12-17-20/h4-6,8-12,14-17H,3,7,13H2,1-2H3/b8-5-,18-4+. The molecule has 0 saturated heterocycles. The molecule has 0 atom stereocenters. The molecule has 0 radical (unpaired) electrons. The predicted molar refractivity (Wildman–Crippen MR) is 94.1 cm³/mol. The zero-order valence-corrected chi connectivity index (χ0v) is 13.0. The van der Waals surface area contributed by atoms with Gasteiger partial charge in [0.25, 0.3) is 0 Å². The molecular formula is C21H24. The zero-order chi connectivity index (χ0) is 14.9. The molecule has 108 valence electrons. The SMILES string of the molecule is C/C=C(\C/C=C\CC)C(=C1C=CCC=C1)c1ccccc1. The van der Waals surface area contributed by atoms with Crippen LogP contribution in [0.15, 0.2) is 84.0 Å². The van der Waals surface area contributed by atoms with Gasteiger partial charge in [0.15, 0.2) is 0 Å². The van der Waals surface area contributed by atoms with Gasteiger partial charge in [-0.15, -0.1) is 0 Å². The van der Waals surface area contributed by atoms with Crippen LogP contribution in [0.2, 0.25) is 0 Å². The van der Waals surface area contributed by atoms with Crippen molar-refractivity contribution in [2.75, 3.05) is 0 Å². The highest BCUT2D eigenvalue weighted by Crippen LogP contribution is 2.31. The van der Waals surface area contributed by atoms with Crippen LogP contribution in [-0.2, 0) is 0 Å². The molecule has 0 aromatic heterocycles. The normalized spacial score (nSPS) is 15.0. The van der Waals surface area contributed by atoms with Crippen molar-refractivity contribution in [3.8, 4) is 0 Å². The Balaban J connectivity index is 2.46. The number of benzene rings is 1. The van der Waals surface area contributed by atoms with Crippen LogP contribution >= 0.6 is 0 Å². The third-order valence-electron chi connectivity index (χ3n) is 3.63. The van der Waals surface area contributed by atoms with E-state index in [0.717, 1.165) is 19.3 Å². The molecule has 1 aromatic carbocycles. The Labute approximate surface area is 128 Å². The number of rotatable bonds is 5. The van der Waals surface area contributed by atoms with Gasteiger partial charge in [-0.05, 0) is 48.5 Å². The van der Waals surface area contributed by atoms with Crippen LogP contribution in [0.5, 0.6) is 0 Å². The van der Waals surface area contributed by atoms with Crippen LogP contribution in [0.1, 0.15) is 38.7 Å². The summed E-state index contributed by atoms with van der Waals surface area (Å²) in [7, 11) is 0. The van der Waals surface area contributed by atoms with E-state index in [2.05, 4.69) is 86.7 Å². The Kier molecular flexibility index (Phi) is 6.02. The topological polar surface area (TPSA) is 0 Å². The Bertz CT molecular complexity index is 578. The maximum atomic E-state index is 2.27. The van der Waals surface area contributed by atoms with Gasteiger partial charge < -0.3 is 0 Å². The van der Waals surface area contributed by atoms with Crippen LogP contribution in [0.25, 0.3) is 5.57 Å². The van der Waals surface area contributed by atoms with E-state index in [-0.39, 0.29) is 0 Å². The molecule has 0 unspecified atom stereocenters. The molecular weight excluding hydrogens is 252 g/mol. The molecule has 0 bridgehead atoms. The smallest absolute Gasteiger partial charge is 0.00797 e. The molecule has 1 aromatic rings. The quantitative estimate of drug-likeness (QED) is 0.557. The molecule has 0 fully saturated rings. The van der Waals surface area contributed by atoms with E-state index in [9.17, 15) is 0 Å². The lowest BCUT2D eigenvalue weighted by molar-refractivity contribution is 1.18. The number of allylic oxidation sites excluding steroid dienone is 10. The van der Waals surface area contributed by atoms with E-state index in [4.69, 9.17) is 0 Å².